The van der Waals surface area contributed by atoms with E-state index in [1.54, 1.807) is 24.1 Å². The second-order valence-electron chi connectivity index (χ2n) is 5.94. The molecule has 1 saturated carbocycles. The summed E-state index contributed by atoms with van der Waals surface area (Å²) in [6, 6.07) is 4.41. The lowest BCUT2D eigenvalue weighted by Gasteiger charge is -2.30. The molecule has 0 spiro atoms. The van der Waals surface area contributed by atoms with Gasteiger partial charge in [-0.05, 0) is 36.5 Å². The fraction of sp³-hybridized carbons (Fsp3) is 0.625. The zero-order valence-corrected chi connectivity index (χ0v) is 12.4. The third kappa shape index (κ3) is 4.13. The van der Waals surface area contributed by atoms with Crippen molar-refractivity contribution in [3.05, 3.63) is 29.3 Å². The predicted octanol–water partition coefficient (Wildman–Crippen LogP) is 4.18. The lowest BCUT2D eigenvalue weighted by atomic mass is 9.89. The van der Waals surface area contributed by atoms with E-state index in [4.69, 9.17) is 5.73 Å². The SMILES string of the molecule is CN(CC1CCCCC1)c1ccc(CN)cc1C(F)(F)F. The monoisotopic (exact) mass is 300 g/mol. The van der Waals surface area contributed by atoms with Crippen LogP contribution in [0.5, 0.6) is 0 Å². The van der Waals surface area contributed by atoms with Gasteiger partial charge in [0.15, 0.2) is 0 Å². The van der Waals surface area contributed by atoms with Gasteiger partial charge in [0.1, 0.15) is 0 Å². The third-order valence-corrected chi connectivity index (χ3v) is 4.27. The van der Waals surface area contributed by atoms with Crippen LogP contribution in [0.2, 0.25) is 0 Å². The van der Waals surface area contributed by atoms with Crippen LogP contribution >= 0.6 is 0 Å². The molecular weight excluding hydrogens is 277 g/mol. The summed E-state index contributed by atoms with van der Waals surface area (Å²) in [6.45, 7) is 0.806. The Bertz CT molecular complexity index is 465. The summed E-state index contributed by atoms with van der Waals surface area (Å²) in [5.74, 6) is 0.499. The summed E-state index contributed by atoms with van der Waals surface area (Å²) in [7, 11) is 1.75. The number of anilines is 1. The maximum absolute atomic E-state index is 13.2. The van der Waals surface area contributed by atoms with Crippen LogP contribution in [0.4, 0.5) is 18.9 Å². The van der Waals surface area contributed by atoms with Gasteiger partial charge in [-0.1, -0.05) is 25.3 Å². The molecule has 0 atom stereocenters. The number of nitrogens with zero attached hydrogens (tertiary/aromatic N) is 1. The summed E-state index contributed by atoms with van der Waals surface area (Å²) >= 11 is 0. The standard InChI is InChI=1S/C16H23F3N2/c1-21(11-12-5-3-2-4-6-12)15-8-7-13(10-20)9-14(15)16(17,18)19/h7-9,12H,2-6,10-11,20H2,1H3. The molecule has 0 aliphatic heterocycles. The van der Waals surface area contributed by atoms with Crippen LogP contribution in [0.3, 0.4) is 0 Å². The molecule has 0 amide bonds. The second-order valence-corrected chi connectivity index (χ2v) is 5.94. The quantitative estimate of drug-likeness (QED) is 0.904. The van der Waals surface area contributed by atoms with Crippen molar-refractivity contribution in [3.63, 3.8) is 0 Å². The van der Waals surface area contributed by atoms with Crippen LogP contribution < -0.4 is 10.6 Å². The molecule has 1 aromatic rings. The molecule has 0 heterocycles. The first-order valence-electron chi connectivity index (χ1n) is 7.53. The summed E-state index contributed by atoms with van der Waals surface area (Å²) < 4.78 is 39.7. The maximum Gasteiger partial charge on any atom is 0.418 e. The van der Waals surface area contributed by atoms with Crippen molar-refractivity contribution in [2.45, 2.75) is 44.8 Å². The van der Waals surface area contributed by atoms with Gasteiger partial charge in [0, 0.05) is 25.8 Å². The van der Waals surface area contributed by atoms with Gasteiger partial charge in [-0.25, -0.2) is 0 Å². The molecule has 1 aliphatic carbocycles. The van der Waals surface area contributed by atoms with Gasteiger partial charge in [0.2, 0.25) is 0 Å². The maximum atomic E-state index is 13.2. The Balaban J connectivity index is 2.20. The highest BCUT2D eigenvalue weighted by Gasteiger charge is 2.35. The molecule has 1 aliphatic rings. The molecule has 5 heteroatoms. The largest absolute Gasteiger partial charge is 0.418 e. The summed E-state index contributed by atoms with van der Waals surface area (Å²) in [6.07, 6.45) is 1.52. The lowest BCUT2D eigenvalue weighted by molar-refractivity contribution is -0.137. The van der Waals surface area contributed by atoms with E-state index in [-0.39, 0.29) is 12.2 Å². The molecule has 21 heavy (non-hydrogen) atoms. The minimum Gasteiger partial charge on any atom is -0.374 e. The van der Waals surface area contributed by atoms with Gasteiger partial charge < -0.3 is 10.6 Å². The Morgan fingerprint density at radius 2 is 1.86 bits per heavy atom. The minimum atomic E-state index is -4.35. The van der Waals surface area contributed by atoms with Gasteiger partial charge in [0.25, 0.3) is 0 Å². The zero-order chi connectivity index (χ0) is 15.5. The van der Waals surface area contributed by atoms with Gasteiger partial charge >= 0.3 is 6.18 Å². The molecule has 2 nitrogen and oxygen atoms in total. The topological polar surface area (TPSA) is 29.3 Å². The highest BCUT2D eigenvalue weighted by Crippen LogP contribution is 2.37. The lowest BCUT2D eigenvalue weighted by Crippen LogP contribution is -2.28. The highest BCUT2D eigenvalue weighted by atomic mass is 19.4. The van der Waals surface area contributed by atoms with Gasteiger partial charge in [-0.15, -0.1) is 0 Å². The van der Waals surface area contributed by atoms with Crippen molar-refractivity contribution < 1.29 is 13.2 Å². The van der Waals surface area contributed by atoms with Crippen LogP contribution in [0.15, 0.2) is 18.2 Å². The van der Waals surface area contributed by atoms with E-state index in [0.717, 1.165) is 12.8 Å². The average Bonchev–Trinajstić information content (AvgIpc) is 2.46. The van der Waals surface area contributed by atoms with E-state index < -0.39 is 11.7 Å². The molecule has 1 aromatic carbocycles. The van der Waals surface area contributed by atoms with Crippen molar-refractivity contribution in [2.24, 2.45) is 11.7 Å². The van der Waals surface area contributed by atoms with Crippen LogP contribution in [0, 0.1) is 5.92 Å². The number of nitrogens with two attached hydrogens (primary N) is 1. The smallest absolute Gasteiger partial charge is 0.374 e. The van der Waals surface area contributed by atoms with Gasteiger partial charge in [0.05, 0.1) is 5.56 Å². The summed E-state index contributed by atoms with van der Waals surface area (Å²) in [4.78, 5) is 1.75. The number of alkyl halides is 3. The predicted molar refractivity (Wildman–Crippen MR) is 79.2 cm³/mol. The molecule has 2 rings (SSSR count). The van der Waals surface area contributed by atoms with Crippen molar-refractivity contribution in [1.29, 1.82) is 0 Å². The van der Waals surface area contributed by atoms with Crippen molar-refractivity contribution in [3.8, 4) is 0 Å². The van der Waals surface area contributed by atoms with Crippen molar-refractivity contribution >= 4 is 5.69 Å². The van der Waals surface area contributed by atoms with E-state index in [0.29, 0.717) is 18.0 Å². The van der Waals surface area contributed by atoms with Gasteiger partial charge in [-0.3, -0.25) is 0 Å². The molecule has 0 unspecified atom stereocenters. The summed E-state index contributed by atoms with van der Waals surface area (Å²) in [5.41, 5.74) is 5.64. The minimum absolute atomic E-state index is 0.121. The third-order valence-electron chi connectivity index (χ3n) is 4.27. The van der Waals surface area contributed by atoms with Crippen LogP contribution in [-0.2, 0) is 12.7 Å². The Kier molecular flexibility index (Phi) is 5.14. The Morgan fingerprint density at radius 1 is 1.19 bits per heavy atom. The molecule has 118 valence electrons. The molecular formula is C16H23F3N2. The van der Waals surface area contributed by atoms with E-state index in [1.165, 1.54) is 25.3 Å². The molecule has 1 fully saturated rings. The molecule has 2 N–H and O–H groups in total. The molecule has 0 saturated heterocycles. The first-order valence-corrected chi connectivity index (χ1v) is 7.53. The molecule has 0 bridgehead atoms. The first-order chi connectivity index (χ1) is 9.91. The average molecular weight is 300 g/mol. The Morgan fingerprint density at radius 3 is 2.43 bits per heavy atom. The molecule has 0 aromatic heterocycles. The Hall–Kier alpha value is -1.23. The zero-order valence-electron chi connectivity index (χ0n) is 12.4. The van der Waals surface area contributed by atoms with E-state index in [1.807, 2.05) is 0 Å². The van der Waals surface area contributed by atoms with Crippen LogP contribution in [0.1, 0.15) is 43.2 Å². The fourth-order valence-electron chi connectivity index (χ4n) is 3.13. The second kappa shape index (κ2) is 6.69. The van der Waals surface area contributed by atoms with E-state index in [2.05, 4.69) is 0 Å². The number of halogens is 3. The Labute approximate surface area is 124 Å². The number of rotatable bonds is 4. The van der Waals surface area contributed by atoms with Gasteiger partial charge in [-0.2, -0.15) is 13.2 Å². The molecule has 0 radical (unpaired) electrons. The normalized spacial score (nSPS) is 17.0. The summed E-state index contributed by atoms with van der Waals surface area (Å²) in [5, 5.41) is 0. The highest BCUT2D eigenvalue weighted by molar-refractivity contribution is 5.56. The van der Waals surface area contributed by atoms with Crippen LogP contribution in [-0.4, -0.2) is 13.6 Å². The first kappa shape index (κ1) is 16.1. The van der Waals surface area contributed by atoms with Crippen molar-refractivity contribution in [2.75, 3.05) is 18.5 Å². The van der Waals surface area contributed by atoms with Crippen molar-refractivity contribution in [1.82, 2.24) is 0 Å². The number of hydrogen-bond donors (Lipinski definition) is 1. The van der Waals surface area contributed by atoms with Crippen LogP contribution in [0.25, 0.3) is 0 Å². The fourth-order valence-corrected chi connectivity index (χ4v) is 3.13. The number of benzene rings is 1. The number of hydrogen-bond acceptors (Lipinski definition) is 2. The van der Waals surface area contributed by atoms with E-state index in [9.17, 15) is 13.2 Å². The van der Waals surface area contributed by atoms with E-state index >= 15 is 0 Å².